The maximum Gasteiger partial charge on any atom is 0.0242 e. The van der Waals surface area contributed by atoms with Crippen molar-refractivity contribution in [2.75, 3.05) is 0 Å². The molecular weight excluding hydrogens is 218 g/mol. The first-order valence-electron chi connectivity index (χ1n) is 7.32. The normalized spacial score (nSPS) is 34.7. The van der Waals surface area contributed by atoms with Crippen LogP contribution in [-0.4, -0.2) is 16.5 Å². The van der Waals surface area contributed by atoms with E-state index in [1.807, 2.05) is 0 Å². The lowest BCUT2D eigenvalue weighted by molar-refractivity contribution is 0.0475. The molecule has 2 aliphatic heterocycles. The first kappa shape index (κ1) is 12.2. The fourth-order valence-electron chi connectivity index (χ4n) is 4.53. The summed E-state index contributed by atoms with van der Waals surface area (Å²) in [4.78, 5) is 2.80. The van der Waals surface area contributed by atoms with Crippen molar-refractivity contribution in [2.24, 2.45) is 5.41 Å². The van der Waals surface area contributed by atoms with Crippen LogP contribution in [-0.2, 0) is 6.54 Å². The number of rotatable bonds is 2. The van der Waals surface area contributed by atoms with Crippen LogP contribution in [0.2, 0.25) is 0 Å². The zero-order chi connectivity index (χ0) is 12.8. The molecule has 0 radical (unpaired) electrons. The topological polar surface area (TPSA) is 3.24 Å². The Kier molecular flexibility index (Phi) is 2.78. The van der Waals surface area contributed by atoms with E-state index in [1.54, 1.807) is 0 Å². The molecule has 0 aliphatic carbocycles. The van der Waals surface area contributed by atoms with Gasteiger partial charge in [0, 0.05) is 18.1 Å². The lowest BCUT2D eigenvalue weighted by Crippen LogP contribution is -2.48. The minimum absolute atomic E-state index is 0.433. The van der Waals surface area contributed by atoms with Gasteiger partial charge in [-0.15, -0.1) is 0 Å². The number of fused-ring (bicyclic) bond motifs is 2. The summed E-state index contributed by atoms with van der Waals surface area (Å²) in [5, 5.41) is 0. The van der Waals surface area contributed by atoms with E-state index in [0.717, 1.165) is 12.6 Å². The van der Waals surface area contributed by atoms with Crippen LogP contribution in [0.15, 0.2) is 30.3 Å². The molecule has 2 aliphatic rings. The quantitative estimate of drug-likeness (QED) is 0.751. The zero-order valence-electron chi connectivity index (χ0n) is 11.9. The number of piperidine rings is 1. The van der Waals surface area contributed by atoms with Crippen LogP contribution in [0.4, 0.5) is 0 Å². The summed E-state index contributed by atoms with van der Waals surface area (Å²) in [7, 11) is 0. The predicted molar refractivity (Wildman–Crippen MR) is 76.4 cm³/mol. The van der Waals surface area contributed by atoms with Crippen LogP contribution >= 0.6 is 0 Å². The van der Waals surface area contributed by atoms with Gasteiger partial charge in [0.15, 0.2) is 0 Å². The van der Waals surface area contributed by atoms with Gasteiger partial charge in [-0.1, -0.05) is 50.6 Å². The van der Waals surface area contributed by atoms with Gasteiger partial charge in [0.1, 0.15) is 0 Å². The molecule has 1 aromatic rings. The summed E-state index contributed by atoms with van der Waals surface area (Å²) in [5.41, 5.74) is 2.38. The highest BCUT2D eigenvalue weighted by Crippen LogP contribution is 2.53. The Morgan fingerprint density at radius 2 is 1.89 bits per heavy atom. The zero-order valence-corrected chi connectivity index (χ0v) is 11.9. The Labute approximate surface area is 111 Å². The van der Waals surface area contributed by atoms with Crippen molar-refractivity contribution < 1.29 is 0 Å². The van der Waals surface area contributed by atoms with E-state index in [1.165, 1.54) is 31.2 Å². The third kappa shape index (κ3) is 1.89. The molecule has 0 N–H and O–H groups in total. The molecule has 0 amide bonds. The molecule has 2 atom stereocenters. The summed E-state index contributed by atoms with van der Waals surface area (Å²) < 4.78 is 0. The van der Waals surface area contributed by atoms with Crippen LogP contribution in [0, 0.1) is 5.41 Å². The van der Waals surface area contributed by atoms with E-state index < -0.39 is 0 Å². The predicted octanol–water partition coefficient (Wildman–Crippen LogP) is 4.23. The maximum atomic E-state index is 2.80. The molecule has 3 rings (SSSR count). The van der Waals surface area contributed by atoms with Crippen molar-refractivity contribution in [3.63, 3.8) is 0 Å². The number of hydrogen-bond acceptors (Lipinski definition) is 1. The van der Waals surface area contributed by atoms with Gasteiger partial charge in [0.2, 0.25) is 0 Å². The third-order valence-corrected chi connectivity index (χ3v) is 5.20. The number of nitrogens with zero attached hydrogens (tertiary/aromatic N) is 1. The van der Waals surface area contributed by atoms with Crippen molar-refractivity contribution in [3.05, 3.63) is 35.9 Å². The van der Waals surface area contributed by atoms with Crippen LogP contribution in [0.1, 0.15) is 52.0 Å². The molecule has 1 heteroatoms. The largest absolute Gasteiger partial charge is 0.290 e. The Bertz CT molecular complexity index is 422. The van der Waals surface area contributed by atoms with Crippen LogP contribution in [0.3, 0.4) is 0 Å². The van der Waals surface area contributed by atoms with Gasteiger partial charge in [-0.2, -0.15) is 0 Å². The highest BCUT2D eigenvalue weighted by molar-refractivity contribution is 5.18. The molecule has 1 nitrogen and oxygen atoms in total. The van der Waals surface area contributed by atoms with Gasteiger partial charge in [0.25, 0.3) is 0 Å². The summed E-state index contributed by atoms with van der Waals surface area (Å²) in [6.07, 6.45) is 5.53. The fourth-order valence-corrected chi connectivity index (χ4v) is 4.53. The van der Waals surface area contributed by atoms with Crippen molar-refractivity contribution in [1.29, 1.82) is 0 Å². The Hall–Kier alpha value is -0.820. The lowest BCUT2D eigenvalue weighted by atomic mass is 9.82. The van der Waals surface area contributed by atoms with E-state index in [0.29, 0.717) is 11.0 Å². The van der Waals surface area contributed by atoms with Gasteiger partial charge < -0.3 is 0 Å². The second-order valence-electron chi connectivity index (χ2n) is 7.18. The number of hydrogen-bond donors (Lipinski definition) is 0. The lowest BCUT2D eigenvalue weighted by Gasteiger charge is -2.43. The molecule has 0 saturated carbocycles. The Balaban J connectivity index is 1.88. The summed E-state index contributed by atoms with van der Waals surface area (Å²) in [6.45, 7) is 8.54. The minimum atomic E-state index is 0.433. The molecule has 2 saturated heterocycles. The van der Waals surface area contributed by atoms with Gasteiger partial charge in [0.05, 0.1) is 0 Å². The van der Waals surface area contributed by atoms with Gasteiger partial charge in [-0.3, -0.25) is 4.90 Å². The molecule has 98 valence electrons. The summed E-state index contributed by atoms with van der Waals surface area (Å²) >= 11 is 0. The molecule has 2 fully saturated rings. The van der Waals surface area contributed by atoms with Crippen molar-refractivity contribution in [3.8, 4) is 0 Å². The van der Waals surface area contributed by atoms with E-state index in [-0.39, 0.29) is 0 Å². The van der Waals surface area contributed by atoms with Gasteiger partial charge in [-0.25, -0.2) is 0 Å². The van der Waals surface area contributed by atoms with Crippen LogP contribution in [0.5, 0.6) is 0 Å². The van der Waals surface area contributed by atoms with Crippen LogP contribution in [0.25, 0.3) is 0 Å². The van der Waals surface area contributed by atoms with Gasteiger partial charge in [-0.05, 0) is 37.2 Å². The Morgan fingerprint density at radius 3 is 2.56 bits per heavy atom. The number of benzene rings is 1. The average Bonchev–Trinajstić information content (AvgIpc) is 2.43. The van der Waals surface area contributed by atoms with E-state index in [9.17, 15) is 0 Å². The third-order valence-electron chi connectivity index (χ3n) is 5.20. The summed E-state index contributed by atoms with van der Waals surface area (Å²) in [6, 6.07) is 11.7. The second kappa shape index (κ2) is 4.09. The van der Waals surface area contributed by atoms with E-state index in [4.69, 9.17) is 0 Å². The molecule has 18 heavy (non-hydrogen) atoms. The van der Waals surface area contributed by atoms with E-state index >= 15 is 0 Å². The highest BCUT2D eigenvalue weighted by Gasteiger charge is 2.54. The molecule has 2 heterocycles. The van der Waals surface area contributed by atoms with Crippen molar-refractivity contribution in [1.82, 2.24) is 4.90 Å². The molecule has 2 bridgehead atoms. The molecule has 0 spiro atoms. The van der Waals surface area contributed by atoms with Crippen molar-refractivity contribution >= 4 is 0 Å². The smallest absolute Gasteiger partial charge is 0.0242 e. The molecule has 1 aromatic carbocycles. The van der Waals surface area contributed by atoms with Crippen molar-refractivity contribution in [2.45, 2.75) is 64.6 Å². The highest BCUT2D eigenvalue weighted by atomic mass is 15.3. The minimum Gasteiger partial charge on any atom is -0.290 e. The monoisotopic (exact) mass is 243 g/mol. The SMILES string of the molecule is CC1(C)CC2(C)CCCC1N2Cc1ccccc1. The Morgan fingerprint density at radius 1 is 1.17 bits per heavy atom. The second-order valence-corrected chi connectivity index (χ2v) is 7.18. The average molecular weight is 243 g/mol. The molecule has 2 unspecified atom stereocenters. The maximum absolute atomic E-state index is 2.80. The first-order chi connectivity index (χ1) is 8.51. The molecule has 0 aromatic heterocycles. The first-order valence-corrected chi connectivity index (χ1v) is 7.32. The van der Waals surface area contributed by atoms with E-state index in [2.05, 4.69) is 56.0 Å². The summed E-state index contributed by atoms with van der Waals surface area (Å²) in [5.74, 6) is 0. The fraction of sp³-hybridized carbons (Fsp3) is 0.647. The molecular formula is C17H25N. The van der Waals surface area contributed by atoms with Crippen LogP contribution < -0.4 is 0 Å². The van der Waals surface area contributed by atoms with Gasteiger partial charge >= 0.3 is 0 Å². The standard InChI is InChI=1S/C17H25N/c1-16(2)13-17(3)11-7-10-15(16)18(17)12-14-8-5-4-6-9-14/h4-6,8-9,15H,7,10-13H2,1-3H3.